The van der Waals surface area contributed by atoms with Gasteiger partial charge in [-0.2, -0.15) is 5.10 Å². The van der Waals surface area contributed by atoms with Gasteiger partial charge in [-0.15, -0.1) is 5.10 Å². The highest BCUT2D eigenvalue weighted by Gasteiger charge is 2.40. The Hall–Kier alpha value is -3.63. The molecule has 0 radical (unpaired) electrons. The van der Waals surface area contributed by atoms with E-state index in [0.717, 1.165) is 15.8 Å². The molecule has 1 heterocycles. The second-order valence-corrected chi connectivity index (χ2v) is 9.54. The molecule has 8 nitrogen and oxygen atoms in total. The van der Waals surface area contributed by atoms with Gasteiger partial charge in [0, 0.05) is 16.6 Å². The molecule has 0 saturated carbocycles. The van der Waals surface area contributed by atoms with Crippen molar-refractivity contribution in [2.24, 2.45) is 10.2 Å². The van der Waals surface area contributed by atoms with Crippen molar-refractivity contribution < 1.29 is 19.4 Å². The Morgan fingerprint density at radius 3 is 2.46 bits per heavy atom. The molecule has 1 aliphatic heterocycles. The van der Waals surface area contributed by atoms with Crippen LogP contribution in [0.2, 0.25) is 0 Å². The number of phenols is 1. The van der Waals surface area contributed by atoms with Gasteiger partial charge >= 0.3 is 0 Å². The molecule has 0 aromatic heterocycles. The lowest BCUT2D eigenvalue weighted by Gasteiger charge is -2.16. The van der Waals surface area contributed by atoms with Gasteiger partial charge in [0.2, 0.25) is 11.8 Å². The summed E-state index contributed by atoms with van der Waals surface area (Å²) in [5.74, 6) is 0.236. The summed E-state index contributed by atoms with van der Waals surface area (Å²) in [6.45, 7) is 0. The maximum Gasteiger partial charge on any atom is 0.247 e. The molecule has 10 heteroatoms. The molecule has 1 aliphatic rings. The van der Waals surface area contributed by atoms with Crippen molar-refractivity contribution in [1.82, 2.24) is 0 Å². The van der Waals surface area contributed by atoms with Crippen molar-refractivity contribution in [2.45, 2.75) is 11.7 Å². The number of carbonyl (C=O) groups is 2. The van der Waals surface area contributed by atoms with Gasteiger partial charge in [-0.05, 0) is 78.4 Å². The summed E-state index contributed by atoms with van der Waals surface area (Å²) in [6, 6.07) is 20.7. The zero-order valence-electron chi connectivity index (χ0n) is 18.6. The SMILES string of the molecule is COc1ccc(C=NN=C2SC(CC(=O)Nc3ccc(Br)cc3)C(=O)N2c2ccc(O)cc2)cc1. The highest BCUT2D eigenvalue weighted by Crippen LogP contribution is 2.34. The second-order valence-electron chi connectivity index (χ2n) is 7.46. The van der Waals surface area contributed by atoms with Gasteiger partial charge in [-0.1, -0.05) is 27.7 Å². The first-order chi connectivity index (χ1) is 16.9. The number of thioether (sulfide) groups is 1. The number of aromatic hydroxyl groups is 1. The summed E-state index contributed by atoms with van der Waals surface area (Å²) in [4.78, 5) is 27.3. The predicted molar refractivity (Wildman–Crippen MR) is 142 cm³/mol. The quantitative estimate of drug-likeness (QED) is 0.316. The van der Waals surface area contributed by atoms with Crippen LogP contribution < -0.4 is 15.0 Å². The van der Waals surface area contributed by atoms with Gasteiger partial charge in [-0.3, -0.25) is 14.5 Å². The number of anilines is 2. The minimum Gasteiger partial charge on any atom is -0.508 e. The van der Waals surface area contributed by atoms with Crippen LogP contribution in [0, 0.1) is 0 Å². The first-order valence-corrected chi connectivity index (χ1v) is 12.2. The molecule has 3 aromatic carbocycles. The Labute approximate surface area is 214 Å². The van der Waals surface area contributed by atoms with E-state index in [1.807, 2.05) is 36.4 Å². The third-order valence-electron chi connectivity index (χ3n) is 5.01. The minimum atomic E-state index is -0.672. The average molecular weight is 553 g/mol. The van der Waals surface area contributed by atoms with Crippen LogP contribution in [-0.2, 0) is 9.59 Å². The van der Waals surface area contributed by atoms with Crippen LogP contribution in [0.3, 0.4) is 0 Å². The lowest BCUT2D eigenvalue weighted by atomic mass is 10.2. The van der Waals surface area contributed by atoms with E-state index < -0.39 is 5.25 Å². The van der Waals surface area contributed by atoms with Gasteiger partial charge < -0.3 is 15.2 Å². The largest absolute Gasteiger partial charge is 0.508 e. The van der Waals surface area contributed by atoms with Crippen molar-refractivity contribution in [3.05, 3.63) is 82.8 Å². The van der Waals surface area contributed by atoms with Crippen molar-refractivity contribution in [2.75, 3.05) is 17.3 Å². The number of amidine groups is 1. The number of ether oxygens (including phenoxy) is 1. The Kier molecular flexibility index (Phi) is 7.84. The third-order valence-corrected chi connectivity index (χ3v) is 6.66. The molecule has 178 valence electrons. The standard InChI is InChI=1S/C25H21BrN4O4S/c1-34-21-12-2-16(3-13-21)15-27-29-25-30(19-8-10-20(31)11-9-19)24(33)22(35-25)14-23(32)28-18-6-4-17(26)5-7-18/h2-13,15,22,31H,14H2,1H3,(H,28,32). The van der Waals surface area contributed by atoms with E-state index in [4.69, 9.17) is 4.74 Å². The number of methoxy groups -OCH3 is 1. The fourth-order valence-corrected chi connectivity index (χ4v) is 4.61. The first kappa shape index (κ1) is 24.5. The monoisotopic (exact) mass is 552 g/mol. The normalized spacial score (nSPS) is 16.7. The van der Waals surface area contributed by atoms with Crippen LogP contribution in [0.5, 0.6) is 11.5 Å². The Balaban J connectivity index is 1.53. The minimum absolute atomic E-state index is 0.0324. The molecule has 0 spiro atoms. The molecule has 0 aliphatic carbocycles. The molecular formula is C25H21BrN4O4S. The van der Waals surface area contributed by atoms with Gasteiger partial charge in [0.05, 0.1) is 19.0 Å². The van der Waals surface area contributed by atoms with Gasteiger partial charge in [-0.25, -0.2) is 0 Å². The summed E-state index contributed by atoms with van der Waals surface area (Å²) < 4.78 is 6.05. The molecule has 3 aromatic rings. The van der Waals surface area contributed by atoms with E-state index >= 15 is 0 Å². The summed E-state index contributed by atoms with van der Waals surface area (Å²) in [5.41, 5.74) is 1.97. The molecule has 1 fully saturated rings. The first-order valence-electron chi connectivity index (χ1n) is 10.5. The van der Waals surface area contributed by atoms with Crippen molar-refractivity contribution in [1.29, 1.82) is 0 Å². The topological polar surface area (TPSA) is 104 Å². The molecule has 35 heavy (non-hydrogen) atoms. The van der Waals surface area contributed by atoms with Crippen LogP contribution in [0.25, 0.3) is 0 Å². The lowest BCUT2D eigenvalue weighted by Crippen LogP contribution is -2.33. The van der Waals surface area contributed by atoms with Crippen LogP contribution >= 0.6 is 27.7 Å². The number of nitrogens with one attached hydrogen (secondary N) is 1. The number of rotatable bonds is 7. The van der Waals surface area contributed by atoms with E-state index in [2.05, 4.69) is 31.4 Å². The molecule has 1 saturated heterocycles. The van der Waals surface area contributed by atoms with Crippen LogP contribution in [0.1, 0.15) is 12.0 Å². The highest BCUT2D eigenvalue weighted by atomic mass is 79.9. The predicted octanol–water partition coefficient (Wildman–Crippen LogP) is 5.03. The number of carbonyl (C=O) groups excluding carboxylic acids is 2. The van der Waals surface area contributed by atoms with Crippen LogP contribution in [0.4, 0.5) is 11.4 Å². The number of nitrogens with zero attached hydrogens (tertiary/aromatic N) is 3. The van der Waals surface area contributed by atoms with Gasteiger partial charge in [0.15, 0.2) is 5.17 Å². The van der Waals surface area contributed by atoms with E-state index in [9.17, 15) is 14.7 Å². The summed E-state index contributed by atoms with van der Waals surface area (Å²) in [6.07, 6.45) is 1.54. The number of hydrogen-bond donors (Lipinski definition) is 2. The summed E-state index contributed by atoms with van der Waals surface area (Å²) in [5, 5.41) is 20.5. The third kappa shape index (κ3) is 6.28. The smallest absolute Gasteiger partial charge is 0.247 e. The molecule has 4 rings (SSSR count). The fourth-order valence-electron chi connectivity index (χ4n) is 3.25. The Morgan fingerprint density at radius 1 is 1.11 bits per heavy atom. The van der Waals surface area contributed by atoms with E-state index in [1.165, 1.54) is 28.8 Å². The highest BCUT2D eigenvalue weighted by molar-refractivity contribution is 9.10. The maximum absolute atomic E-state index is 13.2. The number of halogens is 1. The molecular weight excluding hydrogens is 532 g/mol. The van der Waals surface area contributed by atoms with Gasteiger partial charge in [0.1, 0.15) is 16.7 Å². The van der Waals surface area contributed by atoms with E-state index in [0.29, 0.717) is 16.5 Å². The summed E-state index contributed by atoms with van der Waals surface area (Å²) >= 11 is 4.53. The summed E-state index contributed by atoms with van der Waals surface area (Å²) in [7, 11) is 1.59. The van der Waals surface area contributed by atoms with Crippen LogP contribution in [0.15, 0.2) is 87.5 Å². The number of benzene rings is 3. The lowest BCUT2D eigenvalue weighted by molar-refractivity contribution is -0.121. The Morgan fingerprint density at radius 2 is 1.80 bits per heavy atom. The molecule has 2 amide bonds. The molecule has 1 atom stereocenters. The molecule has 0 bridgehead atoms. The number of phenolic OH excluding ortho intramolecular Hbond substituents is 1. The fraction of sp³-hybridized carbons (Fsp3) is 0.120. The molecule has 2 N–H and O–H groups in total. The van der Waals surface area contributed by atoms with E-state index in [-0.39, 0.29) is 24.0 Å². The zero-order chi connectivity index (χ0) is 24.8. The van der Waals surface area contributed by atoms with Crippen molar-refractivity contribution in [3.8, 4) is 11.5 Å². The average Bonchev–Trinajstić information content (AvgIpc) is 3.16. The maximum atomic E-state index is 13.2. The zero-order valence-corrected chi connectivity index (χ0v) is 21.0. The Bertz CT molecular complexity index is 1260. The van der Waals surface area contributed by atoms with Gasteiger partial charge in [0.25, 0.3) is 0 Å². The van der Waals surface area contributed by atoms with Crippen molar-refractivity contribution in [3.63, 3.8) is 0 Å². The number of hydrogen-bond acceptors (Lipinski definition) is 7. The molecule has 1 unspecified atom stereocenters. The van der Waals surface area contributed by atoms with Crippen molar-refractivity contribution >= 4 is 62.3 Å². The number of amides is 2. The van der Waals surface area contributed by atoms with Crippen LogP contribution in [-0.4, -0.2) is 40.7 Å². The van der Waals surface area contributed by atoms with E-state index in [1.54, 1.807) is 37.6 Å². The second kappa shape index (κ2) is 11.2.